The molecule has 1 heterocycles. The predicted octanol–water partition coefficient (Wildman–Crippen LogP) is 3.62. The highest BCUT2D eigenvalue weighted by atomic mass is 32.1. The molecule has 1 N–H and O–H groups in total. The summed E-state index contributed by atoms with van der Waals surface area (Å²) in [6.45, 7) is 5.95. The van der Waals surface area contributed by atoms with Gasteiger partial charge in [0.2, 0.25) is 0 Å². The maximum Gasteiger partial charge on any atom is 0.113 e. The number of hydrogen-bond acceptors (Lipinski definition) is 2. The highest BCUT2D eigenvalue weighted by Crippen LogP contribution is 2.33. The van der Waals surface area contributed by atoms with Gasteiger partial charge in [0.25, 0.3) is 0 Å². The fourth-order valence-corrected chi connectivity index (χ4v) is 2.80. The molecule has 1 unspecified atom stereocenters. The smallest absolute Gasteiger partial charge is 0.113 e. The average molecular weight is 232 g/mol. The molecule has 84 valence electrons. The minimum absolute atomic E-state index is 0.893. The SMILES string of the molecule is Cc1cccc(C(C)(O)c2ccsc2C)c1. The van der Waals surface area contributed by atoms with Gasteiger partial charge in [-0.05, 0) is 37.8 Å². The number of benzene rings is 1. The van der Waals surface area contributed by atoms with E-state index in [1.54, 1.807) is 11.3 Å². The number of rotatable bonds is 2. The number of aryl methyl sites for hydroxylation is 2. The number of aliphatic hydroxyl groups is 1. The van der Waals surface area contributed by atoms with Crippen LogP contribution >= 0.6 is 11.3 Å². The van der Waals surface area contributed by atoms with Crippen molar-refractivity contribution in [3.05, 3.63) is 57.3 Å². The number of hydrogen-bond donors (Lipinski definition) is 1. The minimum atomic E-state index is -0.893. The summed E-state index contributed by atoms with van der Waals surface area (Å²) < 4.78 is 0. The lowest BCUT2D eigenvalue weighted by Gasteiger charge is -2.24. The zero-order valence-corrected chi connectivity index (χ0v) is 10.6. The van der Waals surface area contributed by atoms with Crippen LogP contribution in [0.15, 0.2) is 35.7 Å². The van der Waals surface area contributed by atoms with Crippen LogP contribution in [0.2, 0.25) is 0 Å². The third-order valence-corrected chi connectivity index (χ3v) is 3.81. The van der Waals surface area contributed by atoms with E-state index >= 15 is 0 Å². The summed E-state index contributed by atoms with van der Waals surface area (Å²) in [5.74, 6) is 0. The Hall–Kier alpha value is -1.12. The Morgan fingerprint density at radius 1 is 1.19 bits per heavy atom. The van der Waals surface area contributed by atoms with Crippen LogP contribution in [-0.4, -0.2) is 5.11 Å². The lowest BCUT2D eigenvalue weighted by atomic mass is 9.88. The second kappa shape index (κ2) is 4.04. The van der Waals surface area contributed by atoms with Crippen molar-refractivity contribution in [2.24, 2.45) is 0 Å². The molecule has 0 saturated heterocycles. The molecular formula is C14H16OS. The van der Waals surface area contributed by atoms with Crippen LogP contribution in [0, 0.1) is 13.8 Å². The van der Waals surface area contributed by atoms with Crippen LogP contribution in [0.25, 0.3) is 0 Å². The van der Waals surface area contributed by atoms with Gasteiger partial charge in [0, 0.05) is 10.4 Å². The molecule has 2 aromatic rings. The van der Waals surface area contributed by atoms with E-state index in [0.717, 1.165) is 11.1 Å². The van der Waals surface area contributed by atoms with Gasteiger partial charge in [0.05, 0.1) is 0 Å². The van der Waals surface area contributed by atoms with E-state index in [1.807, 2.05) is 56.5 Å². The van der Waals surface area contributed by atoms with E-state index in [4.69, 9.17) is 0 Å². The summed E-state index contributed by atoms with van der Waals surface area (Å²) in [5, 5.41) is 12.7. The maximum absolute atomic E-state index is 10.7. The van der Waals surface area contributed by atoms with Gasteiger partial charge in [-0.2, -0.15) is 0 Å². The second-order valence-electron chi connectivity index (χ2n) is 4.33. The van der Waals surface area contributed by atoms with Crippen molar-refractivity contribution in [2.75, 3.05) is 0 Å². The molecule has 0 radical (unpaired) electrons. The first-order chi connectivity index (χ1) is 7.51. The first kappa shape index (κ1) is 11.4. The predicted molar refractivity (Wildman–Crippen MR) is 68.9 cm³/mol. The Balaban J connectivity index is 2.51. The Kier molecular flexibility index (Phi) is 2.87. The van der Waals surface area contributed by atoms with Crippen LogP contribution in [0.1, 0.15) is 28.5 Å². The molecule has 0 saturated carbocycles. The molecule has 0 spiro atoms. The van der Waals surface area contributed by atoms with Crippen LogP contribution in [0.3, 0.4) is 0 Å². The van der Waals surface area contributed by atoms with Crippen LogP contribution in [-0.2, 0) is 5.60 Å². The van der Waals surface area contributed by atoms with Gasteiger partial charge < -0.3 is 5.11 Å². The molecule has 16 heavy (non-hydrogen) atoms. The van der Waals surface area contributed by atoms with Gasteiger partial charge >= 0.3 is 0 Å². The third kappa shape index (κ3) is 1.91. The summed E-state index contributed by atoms with van der Waals surface area (Å²) >= 11 is 1.67. The van der Waals surface area contributed by atoms with Crippen molar-refractivity contribution in [1.29, 1.82) is 0 Å². The molecule has 0 fully saturated rings. The molecule has 1 aromatic heterocycles. The van der Waals surface area contributed by atoms with Crippen LogP contribution < -0.4 is 0 Å². The molecule has 0 bridgehead atoms. The quantitative estimate of drug-likeness (QED) is 0.838. The first-order valence-electron chi connectivity index (χ1n) is 5.36. The monoisotopic (exact) mass is 232 g/mol. The summed E-state index contributed by atoms with van der Waals surface area (Å²) in [6.07, 6.45) is 0. The highest BCUT2D eigenvalue weighted by molar-refractivity contribution is 7.10. The van der Waals surface area contributed by atoms with Gasteiger partial charge in [0.15, 0.2) is 0 Å². The minimum Gasteiger partial charge on any atom is -0.381 e. The average Bonchev–Trinajstić information content (AvgIpc) is 2.65. The van der Waals surface area contributed by atoms with E-state index in [2.05, 4.69) is 0 Å². The van der Waals surface area contributed by atoms with Crippen molar-refractivity contribution in [1.82, 2.24) is 0 Å². The van der Waals surface area contributed by atoms with E-state index in [0.29, 0.717) is 0 Å². The van der Waals surface area contributed by atoms with Crippen molar-refractivity contribution in [3.63, 3.8) is 0 Å². The normalized spacial score (nSPS) is 14.8. The zero-order chi connectivity index (χ0) is 11.8. The summed E-state index contributed by atoms with van der Waals surface area (Å²) in [6, 6.07) is 10.0. The molecule has 0 aliphatic carbocycles. The fraction of sp³-hybridized carbons (Fsp3) is 0.286. The van der Waals surface area contributed by atoms with Crippen molar-refractivity contribution in [3.8, 4) is 0 Å². The van der Waals surface area contributed by atoms with E-state index < -0.39 is 5.60 Å². The third-order valence-electron chi connectivity index (χ3n) is 2.96. The van der Waals surface area contributed by atoms with Gasteiger partial charge in [-0.1, -0.05) is 29.8 Å². The molecular weight excluding hydrogens is 216 g/mol. The highest BCUT2D eigenvalue weighted by Gasteiger charge is 2.27. The topological polar surface area (TPSA) is 20.2 Å². The molecule has 2 rings (SSSR count). The standard InChI is InChI=1S/C14H16OS/c1-10-5-4-6-12(9-10)14(3,15)13-7-8-16-11(13)2/h4-9,15H,1-3H3. The summed E-state index contributed by atoms with van der Waals surface area (Å²) in [5.41, 5.74) is 2.23. The van der Waals surface area contributed by atoms with Gasteiger partial charge in [-0.25, -0.2) is 0 Å². The van der Waals surface area contributed by atoms with E-state index in [9.17, 15) is 5.11 Å². The summed E-state index contributed by atoms with van der Waals surface area (Å²) in [7, 11) is 0. The maximum atomic E-state index is 10.7. The lowest BCUT2D eigenvalue weighted by Crippen LogP contribution is -2.23. The van der Waals surface area contributed by atoms with Crippen molar-refractivity contribution >= 4 is 11.3 Å². The van der Waals surface area contributed by atoms with Gasteiger partial charge in [0.1, 0.15) is 5.60 Å². The van der Waals surface area contributed by atoms with E-state index in [1.165, 1.54) is 10.4 Å². The molecule has 0 aliphatic rings. The fourth-order valence-electron chi connectivity index (χ4n) is 1.99. The Labute approximate surface area is 100 Å². The van der Waals surface area contributed by atoms with E-state index in [-0.39, 0.29) is 0 Å². The molecule has 2 heteroatoms. The lowest BCUT2D eigenvalue weighted by molar-refractivity contribution is 0.102. The van der Waals surface area contributed by atoms with Crippen molar-refractivity contribution in [2.45, 2.75) is 26.4 Å². The molecule has 0 aliphatic heterocycles. The molecule has 1 atom stereocenters. The first-order valence-corrected chi connectivity index (χ1v) is 6.24. The zero-order valence-electron chi connectivity index (χ0n) is 9.82. The Bertz CT molecular complexity index is 497. The molecule has 1 aromatic carbocycles. The molecule has 0 amide bonds. The van der Waals surface area contributed by atoms with Crippen molar-refractivity contribution < 1.29 is 5.11 Å². The van der Waals surface area contributed by atoms with Crippen LogP contribution in [0.4, 0.5) is 0 Å². The Morgan fingerprint density at radius 2 is 1.94 bits per heavy atom. The second-order valence-corrected chi connectivity index (χ2v) is 5.45. The van der Waals surface area contributed by atoms with Crippen LogP contribution in [0.5, 0.6) is 0 Å². The van der Waals surface area contributed by atoms with Gasteiger partial charge in [-0.3, -0.25) is 0 Å². The summed E-state index contributed by atoms with van der Waals surface area (Å²) in [4.78, 5) is 1.17. The Morgan fingerprint density at radius 3 is 2.50 bits per heavy atom. The largest absolute Gasteiger partial charge is 0.381 e. The number of thiophene rings is 1. The molecule has 1 nitrogen and oxygen atoms in total. The van der Waals surface area contributed by atoms with Gasteiger partial charge in [-0.15, -0.1) is 11.3 Å².